The van der Waals surface area contributed by atoms with E-state index in [1.54, 1.807) is 17.1 Å². The number of hydrogen-bond acceptors (Lipinski definition) is 3. The number of aliphatic hydroxyl groups excluding tert-OH is 1. The summed E-state index contributed by atoms with van der Waals surface area (Å²) in [6.45, 7) is 5.90. The Morgan fingerprint density at radius 1 is 1.47 bits per heavy atom. The van der Waals surface area contributed by atoms with Crippen LogP contribution in [-0.4, -0.2) is 14.9 Å². The average molecular weight is 299 g/mol. The zero-order chi connectivity index (χ0) is 12.6. The van der Waals surface area contributed by atoms with Gasteiger partial charge in [0.15, 0.2) is 0 Å². The maximum atomic E-state index is 10.4. The average Bonchev–Trinajstić information content (AvgIpc) is 2.83. The summed E-state index contributed by atoms with van der Waals surface area (Å²) in [4.78, 5) is 0. The SMILES string of the molecule is Cc1cc(C(O)c2c(Br)cnn2C(C)C)co1. The van der Waals surface area contributed by atoms with Crippen LogP contribution in [0.25, 0.3) is 0 Å². The summed E-state index contributed by atoms with van der Waals surface area (Å²) in [6.07, 6.45) is 2.54. The van der Waals surface area contributed by atoms with Crippen LogP contribution in [0.1, 0.15) is 43.0 Å². The number of nitrogens with zero attached hydrogens (tertiary/aromatic N) is 2. The number of rotatable bonds is 3. The Morgan fingerprint density at radius 3 is 2.71 bits per heavy atom. The van der Waals surface area contributed by atoms with Crippen molar-refractivity contribution < 1.29 is 9.52 Å². The Hall–Kier alpha value is -1.07. The van der Waals surface area contributed by atoms with Crippen LogP contribution in [-0.2, 0) is 0 Å². The molecule has 0 radical (unpaired) electrons. The molecule has 92 valence electrons. The summed E-state index contributed by atoms with van der Waals surface area (Å²) >= 11 is 3.42. The molecule has 0 aromatic carbocycles. The van der Waals surface area contributed by atoms with E-state index in [0.29, 0.717) is 0 Å². The topological polar surface area (TPSA) is 51.2 Å². The molecule has 17 heavy (non-hydrogen) atoms. The van der Waals surface area contributed by atoms with Crippen LogP contribution in [0.2, 0.25) is 0 Å². The second-order valence-corrected chi connectivity index (χ2v) is 5.16. The first kappa shape index (κ1) is 12.4. The number of aryl methyl sites for hydroxylation is 1. The molecule has 4 nitrogen and oxygen atoms in total. The first-order valence-electron chi connectivity index (χ1n) is 5.46. The first-order chi connectivity index (χ1) is 8.00. The van der Waals surface area contributed by atoms with Gasteiger partial charge in [-0.05, 0) is 42.8 Å². The van der Waals surface area contributed by atoms with Crippen molar-refractivity contribution in [3.05, 3.63) is 40.0 Å². The molecular formula is C12H15BrN2O2. The number of hydrogen-bond donors (Lipinski definition) is 1. The number of aliphatic hydroxyl groups is 1. The summed E-state index contributed by atoms with van der Waals surface area (Å²) in [6, 6.07) is 2.02. The highest BCUT2D eigenvalue weighted by Gasteiger charge is 2.22. The third-order valence-corrected chi connectivity index (χ3v) is 3.21. The van der Waals surface area contributed by atoms with Crippen LogP contribution < -0.4 is 0 Å². The molecule has 0 fully saturated rings. The molecule has 1 atom stereocenters. The quantitative estimate of drug-likeness (QED) is 0.946. The summed E-state index contributed by atoms with van der Waals surface area (Å²) < 4.78 is 7.82. The van der Waals surface area contributed by atoms with Crippen molar-refractivity contribution >= 4 is 15.9 Å². The fraction of sp³-hybridized carbons (Fsp3) is 0.417. The van der Waals surface area contributed by atoms with E-state index in [9.17, 15) is 5.11 Å². The maximum absolute atomic E-state index is 10.4. The van der Waals surface area contributed by atoms with Gasteiger partial charge in [0, 0.05) is 11.6 Å². The van der Waals surface area contributed by atoms with Crippen molar-refractivity contribution in [2.45, 2.75) is 32.9 Å². The fourth-order valence-corrected chi connectivity index (χ4v) is 2.27. The van der Waals surface area contributed by atoms with Gasteiger partial charge in [-0.3, -0.25) is 4.68 Å². The zero-order valence-corrected chi connectivity index (χ0v) is 11.6. The van der Waals surface area contributed by atoms with Crippen molar-refractivity contribution in [2.75, 3.05) is 0 Å². The van der Waals surface area contributed by atoms with E-state index in [1.807, 2.05) is 26.8 Å². The Kier molecular flexibility index (Phi) is 3.40. The molecule has 2 aromatic rings. The van der Waals surface area contributed by atoms with Crippen LogP contribution in [0.15, 0.2) is 27.4 Å². The molecule has 5 heteroatoms. The number of furan rings is 1. The van der Waals surface area contributed by atoms with Gasteiger partial charge in [-0.25, -0.2) is 0 Å². The predicted molar refractivity (Wildman–Crippen MR) is 67.8 cm³/mol. The van der Waals surface area contributed by atoms with Crippen LogP contribution >= 0.6 is 15.9 Å². The molecular weight excluding hydrogens is 284 g/mol. The summed E-state index contributed by atoms with van der Waals surface area (Å²) in [5.74, 6) is 0.783. The minimum Gasteiger partial charge on any atom is -0.469 e. The molecule has 2 heterocycles. The number of halogens is 1. The van der Waals surface area contributed by atoms with Gasteiger partial charge in [0.2, 0.25) is 0 Å². The molecule has 0 amide bonds. The van der Waals surface area contributed by atoms with Crippen LogP contribution in [0, 0.1) is 6.92 Å². The molecule has 0 bridgehead atoms. The van der Waals surface area contributed by atoms with E-state index in [0.717, 1.165) is 21.5 Å². The van der Waals surface area contributed by atoms with Crippen molar-refractivity contribution in [1.29, 1.82) is 0 Å². The van der Waals surface area contributed by atoms with Crippen molar-refractivity contribution in [2.24, 2.45) is 0 Å². The number of aromatic nitrogens is 2. The molecule has 0 spiro atoms. The molecule has 1 N–H and O–H groups in total. The first-order valence-corrected chi connectivity index (χ1v) is 6.26. The second kappa shape index (κ2) is 4.66. The van der Waals surface area contributed by atoms with E-state index in [2.05, 4.69) is 21.0 Å². The monoisotopic (exact) mass is 298 g/mol. The predicted octanol–water partition coefficient (Wildman–Crippen LogP) is 3.21. The van der Waals surface area contributed by atoms with Gasteiger partial charge in [-0.15, -0.1) is 0 Å². The summed E-state index contributed by atoms with van der Waals surface area (Å²) in [5, 5.41) is 14.6. The lowest BCUT2D eigenvalue weighted by Gasteiger charge is -2.15. The van der Waals surface area contributed by atoms with Gasteiger partial charge >= 0.3 is 0 Å². The molecule has 1 unspecified atom stereocenters. The van der Waals surface area contributed by atoms with Gasteiger partial charge in [0.25, 0.3) is 0 Å². The minimum atomic E-state index is -0.730. The van der Waals surface area contributed by atoms with Crippen molar-refractivity contribution in [3.63, 3.8) is 0 Å². The van der Waals surface area contributed by atoms with Crippen LogP contribution in [0.4, 0.5) is 0 Å². The van der Waals surface area contributed by atoms with Gasteiger partial charge < -0.3 is 9.52 Å². The standard InChI is InChI=1S/C12H15BrN2O2/c1-7(2)15-11(10(13)5-14-15)12(16)9-4-8(3)17-6-9/h4-7,12,16H,1-3H3. The summed E-state index contributed by atoms with van der Waals surface area (Å²) in [7, 11) is 0. The lowest BCUT2D eigenvalue weighted by atomic mass is 10.1. The molecule has 0 aliphatic carbocycles. The normalized spacial score (nSPS) is 13.3. The fourth-order valence-electron chi connectivity index (χ4n) is 1.78. The van der Waals surface area contributed by atoms with Crippen molar-refractivity contribution in [3.8, 4) is 0 Å². The van der Waals surface area contributed by atoms with Gasteiger partial charge in [0.1, 0.15) is 11.9 Å². The Bertz CT molecular complexity index is 516. The van der Waals surface area contributed by atoms with Gasteiger partial charge in [-0.1, -0.05) is 0 Å². The highest BCUT2D eigenvalue weighted by atomic mass is 79.9. The summed E-state index contributed by atoms with van der Waals surface area (Å²) in [5.41, 5.74) is 1.49. The maximum Gasteiger partial charge on any atom is 0.125 e. The molecule has 2 aromatic heterocycles. The second-order valence-electron chi connectivity index (χ2n) is 4.31. The minimum absolute atomic E-state index is 0.193. The largest absolute Gasteiger partial charge is 0.469 e. The molecule has 0 aliphatic heterocycles. The van der Waals surface area contributed by atoms with Crippen molar-refractivity contribution in [1.82, 2.24) is 9.78 Å². The molecule has 2 rings (SSSR count). The Labute approximate surface area is 108 Å². The van der Waals surface area contributed by atoms with Crippen LogP contribution in [0.3, 0.4) is 0 Å². The third kappa shape index (κ3) is 2.30. The highest BCUT2D eigenvalue weighted by Crippen LogP contribution is 2.31. The van der Waals surface area contributed by atoms with E-state index in [-0.39, 0.29) is 6.04 Å². The Morgan fingerprint density at radius 2 is 2.18 bits per heavy atom. The smallest absolute Gasteiger partial charge is 0.125 e. The highest BCUT2D eigenvalue weighted by molar-refractivity contribution is 9.10. The van der Waals surface area contributed by atoms with Gasteiger partial charge in [0.05, 0.1) is 22.6 Å². The van der Waals surface area contributed by atoms with E-state index in [4.69, 9.17) is 4.42 Å². The van der Waals surface area contributed by atoms with E-state index >= 15 is 0 Å². The molecule has 0 saturated heterocycles. The molecule has 0 saturated carbocycles. The van der Waals surface area contributed by atoms with E-state index in [1.165, 1.54) is 0 Å². The van der Waals surface area contributed by atoms with Crippen LogP contribution in [0.5, 0.6) is 0 Å². The third-order valence-electron chi connectivity index (χ3n) is 2.60. The molecule has 0 aliphatic rings. The lowest BCUT2D eigenvalue weighted by molar-refractivity contribution is 0.203. The van der Waals surface area contributed by atoms with E-state index < -0.39 is 6.10 Å². The lowest BCUT2D eigenvalue weighted by Crippen LogP contribution is -2.12. The Balaban J connectivity index is 2.43. The zero-order valence-electron chi connectivity index (χ0n) is 10.0. The van der Waals surface area contributed by atoms with Gasteiger partial charge in [-0.2, -0.15) is 5.10 Å².